The van der Waals surface area contributed by atoms with Gasteiger partial charge in [-0.3, -0.25) is 0 Å². The van der Waals surface area contributed by atoms with Crippen LogP contribution in [0.5, 0.6) is 0 Å². The highest BCUT2D eigenvalue weighted by atomic mass is 32.1. The molecule has 0 saturated heterocycles. The van der Waals surface area contributed by atoms with Crippen LogP contribution in [0.25, 0.3) is 0 Å². The van der Waals surface area contributed by atoms with Crippen molar-refractivity contribution >= 4 is 23.1 Å². The lowest BCUT2D eigenvalue weighted by molar-refractivity contribution is 1.40. The van der Waals surface area contributed by atoms with E-state index in [-0.39, 0.29) is 0 Å². The number of rotatable bonds is 1. The van der Waals surface area contributed by atoms with Crippen LogP contribution in [-0.4, -0.2) is 5.16 Å². The summed E-state index contributed by atoms with van der Waals surface area (Å²) in [7, 11) is 0. The van der Waals surface area contributed by atoms with Gasteiger partial charge in [0.15, 0.2) is 0 Å². The first kappa shape index (κ1) is 12.3. The molecule has 0 unspecified atom stereocenters. The molecule has 0 N–H and O–H groups in total. The van der Waals surface area contributed by atoms with Gasteiger partial charge in [-0.15, -0.1) is 0 Å². The van der Waals surface area contributed by atoms with Crippen LogP contribution in [0.4, 0.5) is 5.69 Å². The second-order valence-corrected chi connectivity index (χ2v) is 4.00. The lowest BCUT2D eigenvalue weighted by Crippen LogP contribution is -1.79. The van der Waals surface area contributed by atoms with Gasteiger partial charge < -0.3 is 0 Å². The van der Waals surface area contributed by atoms with Gasteiger partial charge in [0.25, 0.3) is 0 Å². The first-order chi connectivity index (χ1) is 8.79. The minimum Gasteiger partial charge on any atom is -0.194 e. The fourth-order valence-corrected chi connectivity index (χ4v) is 1.67. The standard InChI is InChI=1S/C16H11NS/c1-13-11-15(9-10-16(13)17-12-18)8-7-14-5-3-2-4-6-14/h2-6,9-11H,1H3. The lowest BCUT2D eigenvalue weighted by atomic mass is 10.1. The normalized spacial score (nSPS) is 8.94. The van der Waals surface area contributed by atoms with E-state index < -0.39 is 0 Å². The molecule has 0 amide bonds. The van der Waals surface area contributed by atoms with E-state index in [2.05, 4.69) is 34.2 Å². The molecule has 0 aliphatic heterocycles. The number of thiocarbonyl (C=S) groups is 1. The molecule has 0 bridgehead atoms. The van der Waals surface area contributed by atoms with Crippen molar-refractivity contribution in [2.75, 3.05) is 0 Å². The van der Waals surface area contributed by atoms with Crippen LogP contribution >= 0.6 is 12.2 Å². The Bertz CT molecular complexity index is 656. The van der Waals surface area contributed by atoms with Crippen LogP contribution in [0, 0.1) is 18.8 Å². The molecule has 0 aliphatic carbocycles. The van der Waals surface area contributed by atoms with Gasteiger partial charge in [-0.25, -0.2) is 0 Å². The van der Waals surface area contributed by atoms with Crippen molar-refractivity contribution in [2.24, 2.45) is 4.99 Å². The van der Waals surface area contributed by atoms with Crippen LogP contribution in [0.1, 0.15) is 16.7 Å². The van der Waals surface area contributed by atoms with Gasteiger partial charge in [0.05, 0.1) is 10.8 Å². The van der Waals surface area contributed by atoms with E-state index in [0.29, 0.717) is 0 Å². The molecular weight excluding hydrogens is 238 g/mol. The van der Waals surface area contributed by atoms with Crippen molar-refractivity contribution in [1.29, 1.82) is 0 Å². The molecule has 0 radical (unpaired) electrons. The second kappa shape index (κ2) is 5.93. The highest BCUT2D eigenvalue weighted by molar-refractivity contribution is 7.78. The molecule has 2 aromatic rings. The third kappa shape index (κ3) is 3.15. The smallest absolute Gasteiger partial charge is 0.0769 e. The maximum absolute atomic E-state index is 4.60. The molecular formula is C16H11NS. The van der Waals surface area contributed by atoms with E-state index in [9.17, 15) is 0 Å². The number of aliphatic imine (C=N–C) groups is 1. The maximum atomic E-state index is 4.60. The summed E-state index contributed by atoms with van der Waals surface area (Å²) in [6.45, 7) is 1.99. The molecule has 0 aromatic heterocycles. The van der Waals surface area contributed by atoms with E-state index in [1.807, 2.05) is 55.5 Å². The van der Waals surface area contributed by atoms with Crippen molar-refractivity contribution in [3.8, 4) is 11.8 Å². The molecule has 0 spiro atoms. The molecule has 18 heavy (non-hydrogen) atoms. The van der Waals surface area contributed by atoms with Crippen molar-refractivity contribution in [2.45, 2.75) is 6.92 Å². The van der Waals surface area contributed by atoms with E-state index >= 15 is 0 Å². The minimum atomic E-state index is 0.843. The van der Waals surface area contributed by atoms with Crippen LogP contribution in [-0.2, 0) is 0 Å². The van der Waals surface area contributed by atoms with Crippen LogP contribution in [0.15, 0.2) is 53.5 Å². The monoisotopic (exact) mass is 249 g/mol. The topological polar surface area (TPSA) is 12.4 Å². The zero-order valence-corrected chi connectivity index (χ0v) is 10.8. The summed E-state index contributed by atoms with van der Waals surface area (Å²) >= 11 is 4.60. The highest BCUT2D eigenvalue weighted by Gasteiger charge is 1.96. The minimum absolute atomic E-state index is 0.843. The molecule has 0 saturated carbocycles. The van der Waals surface area contributed by atoms with Gasteiger partial charge >= 0.3 is 0 Å². The zero-order chi connectivity index (χ0) is 12.8. The van der Waals surface area contributed by atoms with Crippen molar-refractivity contribution in [1.82, 2.24) is 0 Å². The third-order valence-corrected chi connectivity index (χ3v) is 2.58. The summed E-state index contributed by atoms with van der Waals surface area (Å²) in [5, 5.41) is 2.37. The number of hydrogen-bond acceptors (Lipinski definition) is 2. The Labute approximate surface area is 112 Å². The molecule has 0 fully saturated rings. The Morgan fingerprint density at radius 3 is 2.33 bits per heavy atom. The third-order valence-electron chi connectivity index (χ3n) is 2.49. The summed E-state index contributed by atoms with van der Waals surface area (Å²) in [6.07, 6.45) is 0. The largest absolute Gasteiger partial charge is 0.194 e. The van der Waals surface area contributed by atoms with Gasteiger partial charge in [0.1, 0.15) is 0 Å². The van der Waals surface area contributed by atoms with E-state index in [4.69, 9.17) is 0 Å². The molecule has 2 aromatic carbocycles. The highest BCUT2D eigenvalue weighted by Crippen LogP contribution is 2.18. The van der Waals surface area contributed by atoms with Crippen LogP contribution in [0.2, 0.25) is 0 Å². The molecule has 2 heteroatoms. The fraction of sp³-hybridized carbons (Fsp3) is 0.0625. The second-order valence-electron chi connectivity index (χ2n) is 3.82. The maximum Gasteiger partial charge on any atom is 0.0769 e. The Kier molecular flexibility index (Phi) is 4.04. The number of aryl methyl sites for hydroxylation is 1. The van der Waals surface area contributed by atoms with Crippen molar-refractivity contribution in [3.63, 3.8) is 0 Å². The van der Waals surface area contributed by atoms with Gasteiger partial charge in [0, 0.05) is 11.1 Å². The predicted molar refractivity (Wildman–Crippen MR) is 78.3 cm³/mol. The molecule has 0 heterocycles. The van der Waals surface area contributed by atoms with Gasteiger partial charge in [-0.05, 0) is 55.0 Å². The Hall–Kier alpha value is -2.20. The van der Waals surface area contributed by atoms with E-state index in [0.717, 1.165) is 22.4 Å². The number of hydrogen-bond donors (Lipinski definition) is 0. The van der Waals surface area contributed by atoms with Crippen LogP contribution in [0.3, 0.4) is 0 Å². The number of nitrogens with zero attached hydrogens (tertiary/aromatic N) is 1. The molecule has 1 nitrogen and oxygen atoms in total. The average Bonchev–Trinajstić information content (AvgIpc) is 2.41. The first-order valence-electron chi connectivity index (χ1n) is 5.55. The SMILES string of the molecule is Cc1cc(C#Cc2ccccc2)ccc1N=C=S. The Morgan fingerprint density at radius 1 is 0.944 bits per heavy atom. The summed E-state index contributed by atoms with van der Waals surface area (Å²) in [6, 6.07) is 15.8. The average molecular weight is 249 g/mol. The van der Waals surface area contributed by atoms with Gasteiger partial charge in [0.2, 0.25) is 0 Å². The summed E-state index contributed by atoms with van der Waals surface area (Å²) in [5.74, 6) is 6.26. The predicted octanol–water partition coefficient (Wildman–Crippen LogP) is 4.13. The zero-order valence-electron chi connectivity index (χ0n) is 9.97. The molecule has 86 valence electrons. The summed E-state index contributed by atoms with van der Waals surface area (Å²) in [4.78, 5) is 3.98. The van der Waals surface area contributed by atoms with Gasteiger partial charge in [-0.1, -0.05) is 30.0 Å². The Morgan fingerprint density at radius 2 is 1.67 bits per heavy atom. The van der Waals surface area contributed by atoms with Gasteiger partial charge in [-0.2, -0.15) is 4.99 Å². The quantitative estimate of drug-likeness (QED) is 0.420. The fourth-order valence-electron chi connectivity index (χ4n) is 1.57. The lowest BCUT2D eigenvalue weighted by Gasteiger charge is -1.98. The number of benzene rings is 2. The molecule has 2 rings (SSSR count). The summed E-state index contributed by atoms with van der Waals surface area (Å²) in [5.41, 5.74) is 3.87. The van der Waals surface area contributed by atoms with E-state index in [1.54, 1.807) is 0 Å². The van der Waals surface area contributed by atoms with Crippen LogP contribution < -0.4 is 0 Å². The van der Waals surface area contributed by atoms with Crippen molar-refractivity contribution in [3.05, 3.63) is 65.2 Å². The van der Waals surface area contributed by atoms with Crippen molar-refractivity contribution < 1.29 is 0 Å². The number of isothiocyanates is 1. The molecule has 0 atom stereocenters. The first-order valence-corrected chi connectivity index (χ1v) is 5.96. The summed E-state index contributed by atoms with van der Waals surface area (Å²) < 4.78 is 0. The Balaban J connectivity index is 2.29. The van der Waals surface area contributed by atoms with E-state index in [1.165, 1.54) is 0 Å². The molecule has 0 aliphatic rings.